The van der Waals surface area contributed by atoms with Crippen LogP contribution in [0.4, 0.5) is 0 Å². The molecule has 1 amide bonds. The summed E-state index contributed by atoms with van der Waals surface area (Å²) < 4.78 is 5.01. The molecule has 0 aromatic heterocycles. The van der Waals surface area contributed by atoms with Crippen molar-refractivity contribution in [3.63, 3.8) is 0 Å². The van der Waals surface area contributed by atoms with Crippen molar-refractivity contribution < 1.29 is 14.6 Å². The molecule has 1 saturated heterocycles. The van der Waals surface area contributed by atoms with Crippen molar-refractivity contribution in [1.82, 2.24) is 9.80 Å². The van der Waals surface area contributed by atoms with Gasteiger partial charge < -0.3 is 14.7 Å². The van der Waals surface area contributed by atoms with Gasteiger partial charge in [0.05, 0.1) is 19.8 Å². The summed E-state index contributed by atoms with van der Waals surface area (Å²) in [5, 5.41) is 8.99. The average Bonchev–Trinajstić information content (AvgIpc) is 2.37. The molecule has 1 N–H and O–H groups in total. The fourth-order valence-electron chi connectivity index (χ4n) is 2.18. The largest absolute Gasteiger partial charge is 0.395 e. The lowest BCUT2D eigenvalue weighted by atomic mass is 9.99. The summed E-state index contributed by atoms with van der Waals surface area (Å²) in [7, 11) is 1.64. The summed E-state index contributed by atoms with van der Waals surface area (Å²) in [5.41, 5.74) is 0. The lowest BCUT2D eigenvalue weighted by Gasteiger charge is -2.32. The Morgan fingerprint density at radius 3 is 2.61 bits per heavy atom. The maximum atomic E-state index is 12.1. The molecule has 0 aromatic rings. The van der Waals surface area contributed by atoms with E-state index in [4.69, 9.17) is 9.84 Å². The first-order valence-electron chi connectivity index (χ1n) is 6.77. The number of piperidine rings is 1. The molecule has 0 spiro atoms. The van der Waals surface area contributed by atoms with Crippen LogP contribution >= 0.6 is 0 Å². The van der Waals surface area contributed by atoms with Crippen molar-refractivity contribution in [3.8, 4) is 0 Å². The summed E-state index contributed by atoms with van der Waals surface area (Å²) in [4.78, 5) is 16.0. The minimum absolute atomic E-state index is 0.0774. The molecular weight excluding hydrogens is 232 g/mol. The standard InChI is InChI=1S/C13H26N2O3/c1-12-3-5-15(6-4-12)13(17)11-14(7-9-16)8-10-18-2/h12,16H,3-11H2,1-2H3. The van der Waals surface area contributed by atoms with Crippen molar-refractivity contribution >= 4 is 5.91 Å². The van der Waals surface area contributed by atoms with Crippen LogP contribution in [0.5, 0.6) is 0 Å². The Morgan fingerprint density at radius 1 is 1.39 bits per heavy atom. The summed E-state index contributed by atoms with van der Waals surface area (Å²) in [6.07, 6.45) is 2.20. The Balaban J connectivity index is 2.35. The minimum atomic E-state index is 0.0774. The van der Waals surface area contributed by atoms with Crippen LogP contribution in [-0.2, 0) is 9.53 Å². The van der Waals surface area contributed by atoms with E-state index in [2.05, 4.69) is 6.92 Å². The van der Waals surface area contributed by atoms with Crippen LogP contribution in [0.25, 0.3) is 0 Å². The van der Waals surface area contributed by atoms with E-state index in [0.717, 1.165) is 31.8 Å². The number of aliphatic hydroxyl groups excluding tert-OH is 1. The SMILES string of the molecule is COCCN(CCO)CC(=O)N1CCC(C)CC1. The minimum Gasteiger partial charge on any atom is -0.395 e. The van der Waals surface area contributed by atoms with Gasteiger partial charge in [-0.05, 0) is 18.8 Å². The monoisotopic (exact) mass is 258 g/mol. The first kappa shape index (κ1) is 15.4. The molecule has 5 heteroatoms. The third-order valence-electron chi connectivity index (χ3n) is 3.52. The molecule has 1 aliphatic rings. The van der Waals surface area contributed by atoms with Crippen LogP contribution in [0.2, 0.25) is 0 Å². The molecule has 1 heterocycles. The van der Waals surface area contributed by atoms with Crippen molar-refractivity contribution in [1.29, 1.82) is 0 Å². The van der Waals surface area contributed by atoms with E-state index in [1.54, 1.807) is 7.11 Å². The van der Waals surface area contributed by atoms with Crippen molar-refractivity contribution in [3.05, 3.63) is 0 Å². The maximum absolute atomic E-state index is 12.1. The predicted octanol–water partition coefficient (Wildman–Crippen LogP) is 0.186. The van der Waals surface area contributed by atoms with Crippen LogP contribution in [0, 0.1) is 5.92 Å². The highest BCUT2D eigenvalue weighted by Gasteiger charge is 2.21. The molecule has 1 rings (SSSR count). The van der Waals surface area contributed by atoms with Crippen molar-refractivity contribution in [2.24, 2.45) is 5.92 Å². The molecule has 0 radical (unpaired) electrons. The van der Waals surface area contributed by atoms with Gasteiger partial charge in [-0.15, -0.1) is 0 Å². The Bertz CT molecular complexity index is 240. The molecule has 1 aliphatic heterocycles. The smallest absolute Gasteiger partial charge is 0.236 e. The molecular formula is C13H26N2O3. The van der Waals surface area contributed by atoms with E-state index < -0.39 is 0 Å². The predicted molar refractivity (Wildman–Crippen MR) is 70.4 cm³/mol. The number of nitrogens with zero attached hydrogens (tertiary/aromatic N) is 2. The lowest BCUT2D eigenvalue weighted by Crippen LogP contribution is -2.45. The van der Waals surface area contributed by atoms with Crippen LogP contribution < -0.4 is 0 Å². The van der Waals surface area contributed by atoms with Gasteiger partial charge in [0.2, 0.25) is 5.91 Å². The van der Waals surface area contributed by atoms with Crippen LogP contribution in [0.3, 0.4) is 0 Å². The number of amides is 1. The fourth-order valence-corrected chi connectivity index (χ4v) is 2.18. The van der Waals surface area contributed by atoms with E-state index in [1.165, 1.54) is 0 Å². The Labute approximate surface area is 110 Å². The van der Waals surface area contributed by atoms with Crippen LogP contribution in [-0.4, -0.2) is 73.9 Å². The molecule has 0 bridgehead atoms. The number of ether oxygens (including phenoxy) is 1. The zero-order valence-corrected chi connectivity index (χ0v) is 11.6. The molecule has 106 valence electrons. The zero-order valence-electron chi connectivity index (χ0n) is 11.6. The van der Waals surface area contributed by atoms with Gasteiger partial charge in [-0.2, -0.15) is 0 Å². The van der Waals surface area contributed by atoms with Crippen molar-refractivity contribution in [2.45, 2.75) is 19.8 Å². The summed E-state index contributed by atoms with van der Waals surface area (Å²) in [6, 6.07) is 0. The number of rotatable bonds is 7. The normalized spacial score (nSPS) is 17.4. The Hall–Kier alpha value is -0.650. The molecule has 1 fully saturated rings. The highest BCUT2D eigenvalue weighted by atomic mass is 16.5. The number of methoxy groups -OCH3 is 1. The number of hydrogen-bond acceptors (Lipinski definition) is 4. The second-order valence-corrected chi connectivity index (χ2v) is 5.06. The third kappa shape index (κ3) is 5.33. The Kier molecular flexibility index (Phi) is 7.23. The number of carbonyl (C=O) groups is 1. The highest BCUT2D eigenvalue weighted by Crippen LogP contribution is 2.16. The summed E-state index contributed by atoms with van der Waals surface area (Å²) >= 11 is 0. The molecule has 0 aromatic carbocycles. The van der Waals surface area contributed by atoms with Crippen LogP contribution in [0.1, 0.15) is 19.8 Å². The molecule has 0 saturated carbocycles. The number of aliphatic hydroxyl groups is 1. The zero-order chi connectivity index (χ0) is 13.4. The number of carbonyl (C=O) groups excluding carboxylic acids is 1. The van der Waals surface area contributed by atoms with Gasteiger partial charge in [-0.25, -0.2) is 0 Å². The quantitative estimate of drug-likeness (QED) is 0.708. The average molecular weight is 258 g/mol. The first-order valence-corrected chi connectivity index (χ1v) is 6.77. The van der Waals surface area contributed by atoms with Gasteiger partial charge in [0.25, 0.3) is 0 Å². The third-order valence-corrected chi connectivity index (χ3v) is 3.52. The number of hydrogen-bond donors (Lipinski definition) is 1. The molecule has 18 heavy (non-hydrogen) atoms. The maximum Gasteiger partial charge on any atom is 0.236 e. The second-order valence-electron chi connectivity index (χ2n) is 5.06. The molecule has 5 nitrogen and oxygen atoms in total. The first-order chi connectivity index (χ1) is 8.67. The van der Waals surface area contributed by atoms with Gasteiger partial charge in [-0.1, -0.05) is 6.92 Å². The van der Waals surface area contributed by atoms with Crippen LogP contribution in [0.15, 0.2) is 0 Å². The van der Waals surface area contributed by atoms with E-state index in [0.29, 0.717) is 26.2 Å². The van der Waals surface area contributed by atoms with Gasteiger partial charge in [0.15, 0.2) is 0 Å². The van der Waals surface area contributed by atoms with E-state index in [1.807, 2.05) is 9.80 Å². The van der Waals surface area contributed by atoms with E-state index >= 15 is 0 Å². The Morgan fingerprint density at radius 2 is 2.06 bits per heavy atom. The number of likely N-dealkylation sites (tertiary alicyclic amines) is 1. The topological polar surface area (TPSA) is 53.0 Å². The van der Waals surface area contributed by atoms with E-state index in [-0.39, 0.29) is 12.5 Å². The van der Waals surface area contributed by atoms with Gasteiger partial charge >= 0.3 is 0 Å². The summed E-state index contributed by atoms with van der Waals surface area (Å²) in [6.45, 7) is 6.25. The molecule has 0 atom stereocenters. The van der Waals surface area contributed by atoms with Gasteiger partial charge in [-0.3, -0.25) is 9.69 Å². The second kappa shape index (κ2) is 8.45. The lowest BCUT2D eigenvalue weighted by molar-refractivity contribution is -0.134. The fraction of sp³-hybridized carbons (Fsp3) is 0.923. The summed E-state index contributed by atoms with van der Waals surface area (Å²) in [5.74, 6) is 0.905. The van der Waals surface area contributed by atoms with Gasteiger partial charge in [0, 0.05) is 33.3 Å². The van der Waals surface area contributed by atoms with Crippen molar-refractivity contribution in [2.75, 3.05) is 53.0 Å². The van der Waals surface area contributed by atoms with Gasteiger partial charge in [0.1, 0.15) is 0 Å². The highest BCUT2D eigenvalue weighted by molar-refractivity contribution is 5.78. The molecule has 0 aliphatic carbocycles. The molecule has 0 unspecified atom stereocenters. The van der Waals surface area contributed by atoms with E-state index in [9.17, 15) is 4.79 Å².